The lowest BCUT2D eigenvalue weighted by Gasteiger charge is -2.10. The molecule has 0 aliphatic heterocycles. The predicted molar refractivity (Wildman–Crippen MR) is 110 cm³/mol. The minimum absolute atomic E-state index is 0.385. The van der Waals surface area contributed by atoms with Gasteiger partial charge in [0, 0.05) is 26.9 Å². The number of benzene rings is 1. The molecule has 0 spiro atoms. The first-order chi connectivity index (χ1) is 13.5. The number of hydrogen-bond donors (Lipinski definition) is 1. The maximum atomic E-state index is 12.1. The van der Waals surface area contributed by atoms with Gasteiger partial charge in [-0.25, -0.2) is 9.48 Å². The molecule has 2 heterocycles. The van der Waals surface area contributed by atoms with Crippen LogP contribution in [0.15, 0.2) is 54.7 Å². The number of rotatable bonds is 7. The molecule has 1 aromatic carbocycles. The molecule has 144 valence electrons. The van der Waals surface area contributed by atoms with Crippen molar-refractivity contribution in [3.63, 3.8) is 0 Å². The van der Waals surface area contributed by atoms with Crippen LogP contribution in [0.25, 0.3) is 6.08 Å². The Hall–Kier alpha value is -2.90. The molecule has 0 aliphatic carbocycles. The number of nitrogens with one attached hydrogen (secondary N) is 1. The van der Waals surface area contributed by atoms with Crippen LogP contribution in [0.2, 0.25) is 5.02 Å². The highest BCUT2D eigenvalue weighted by Gasteiger charge is 2.10. The van der Waals surface area contributed by atoms with Crippen molar-refractivity contribution < 1.29 is 14.3 Å². The van der Waals surface area contributed by atoms with Crippen LogP contribution in [0.3, 0.4) is 0 Å². The zero-order valence-corrected chi connectivity index (χ0v) is 16.7. The van der Waals surface area contributed by atoms with Crippen LogP contribution in [0, 0.1) is 6.92 Å². The van der Waals surface area contributed by atoms with E-state index in [0.717, 1.165) is 15.3 Å². The summed E-state index contributed by atoms with van der Waals surface area (Å²) in [6, 6.07) is 13.0. The number of carbonyl (C=O) groups is 2. The van der Waals surface area contributed by atoms with E-state index < -0.39 is 11.9 Å². The number of anilines is 1. The first-order valence-electron chi connectivity index (χ1n) is 8.47. The van der Waals surface area contributed by atoms with Gasteiger partial charge < -0.3 is 10.1 Å². The highest BCUT2D eigenvalue weighted by atomic mass is 35.5. The van der Waals surface area contributed by atoms with Crippen molar-refractivity contribution in [3.8, 4) is 0 Å². The molecule has 2 aromatic heterocycles. The lowest BCUT2D eigenvalue weighted by atomic mass is 10.2. The summed E-state index contributed by atoms with van der Waals surface area (Å²) in [7, 11) is 0. The Bertz CT molecular complexity index is 1010. The fourth-order valence-corrected chi connectivity index (χ4v) is 3.39. The fourth-order valence-electron chi connectivity index (χ4n) is 2.41. The van der Waals surface area contributed by atoms with E-state index in [1.165, 1.54) is 6.08 Å². The molecular formula is C20H18ClN3O3S. The van der Waals surface area contributed by atoms with Gasteiger partial charge in [0.25, 0.3) is 5.91 Å². The Morgan fingerprint density at radius 2 is 2.07 bits per heavy atom. The molecule has 6 nitrogen and oxygen atoms in total. The lowest BCUT2D eigenvalue weighted by molar-refractivity contribution is -0.142. The van der Waals surface area contributed by atoms with Crippen LogP contribution in [0.4, 0.5) is 5.82 Å². The first-order valence-corrected chi connectivity index (χ1v) is 9.67. The largest absolute Gasteiger partial charge is 0.452 e. The van der Waals surface area contributed by atoms with Gasteiger partial charge in [-0.3, -0.25) is 4.79 Å². The third-order valence-electron chi connectivity index (χ3n) is 3.75. The maximum absolute atomic E-state index is 12.1. The molecule has 0 fully saturated rings. The second-order valence-electron chi connectivity index (χ2n) is 5.90. The fraction of sp³-hybridized carbons (Fsp3) is 0.150. The van der Waals surface area contributed by atoms with Crippen LogP contribution in [-0.4, -0.2) is 28.3 Å². The van der Waals surface area contributed by atoms with Gasteiger partial charge in [0.05, 0.1) is 12.7 Å². The second kappa shape index (κ2) is 9.34. The van der Waals surface area contributed by atoms with Crippen LogP contribution >= 0.6 is 22.9 Å². The Labute approximate surface area is 171 Å². The predicted octanol–water partition coefficient (Wildman–Crippen LogP) is 4.15. The second-order valence-corrected chi connectivity index (χ2v) is 7.63. The number of amides is 1. The number of ether oxygens (including phenoxy) is 1. The Morgan fingerprint density at radius 1 is 1.25 bits per heavy atom. The van der Waals surface area contributed by atoms with Crippen molar-refractivity contribution in [2.45, 2.75) is 13.5 Å². The molecule has 0 saturated carbocycles. The molecular weight excluding hydrogens is 398 g/mol. The summed E-state index contributed by atoms with van der Waals surface area (Å²) < 4.78 is 6.59. The van der Waals surface area contributed by atoms with Crippen molar-refractivity contribution >= 4 is 46.7 Å². The van der Waals surface area contributed by atoms with E-state index in [-0.39, 0.29) is 6.61 Å². The normalized spacial score (nSPS) is 10.9. The average molecular weight is 416 g/mol. The monoisotopic (exact) mass is 415 g/mol. The zero-order chi connectivity index (χ0) is 19.9. The maximum Gasteiger partial charge on any atom is 0.331 e. The van der Waals surface area contributed by atoms with E-state index in [0.29, 0.717) is 17.4 Å². The number of esters is 1. The standard InChI is InChI=1S/C20H18ClN3O3S/c1-14-6-7-16(28-14)8-9-20(26)27-13-19(25)23-18-10-11-22-24(18)12-15-4-2-3-5-17(15)21/h2-11H,12-13H2,1H3,(H,23,25)/b9-8+. The van der Waals surface area contributed by atoms with Crippen LogP contribution in [0.5, 0.6) is 0 Å². The Kier molecular flexibility index (Phi) is 6.62. The smallest absolute Gasteiger partial charge is 0.331 e. The molecule has 0 unspecified atom stereocenters. The van der Waals surface area contributed by atoms with Crippen molar-refractivity contribution in [2.75, 3.05) is 11.9 Å². The van der Waals surface area contributed by atoms with E-state index in [1.54, 1.807) is 40.4 Å². The highest BCUT2D eigenvalue weighted by molar-refractivity contribution is 7.12. The van der Waals surface area contributed by atoms with E-state index in [2.05, 4.69) is 10.4 Å². The molecule has 0 aliphatic rings. The Morgan fingerprint density at radius 3 is 2.82 bits per heavy atom. The molecule has 0 radical (unpaired) electrons. The van der Waals surface area contributed by atoms with Crippen molar-refractivity contribution in [3.05, 3.63) is 75.1 Å². The molecule has 0 saturated heterocycles. The highest BCUT2D eigenvalue weighted by Crippen LogP contribution is 2.18. The third-order valence-corrected chi connectivity index (χ3v) is 5.09. The number of aryl methyl sites for hydroxylation is 1. The SMILES string of the molecule is Cc1ccc(/C=C/C(=O)OCC(=O)Nc2ccnn2Cc2ccccc2Cl)s1. The van der Waals surface area contributed by atoms with Gasteiger partial charge in [0.2, 0.25) is 0 Å². The number of hydrogen-bond acceptors (Lipinski definition) is 5. The van der Waals surface area contributed by atoms with Crippen molar-refractivity contribution in [1.82, 2.24) is 9.78 Å². The van der Waals surface area contributed by atoms with Crippen LogP contribution < -0.4 is 5.32 Å². The first kappa shape index (κ1) is 19.9. The summed E-state index contributed by atoms with van der Waals surface area (Å²) in [5.41, 5.74) is 0.878. The summed E-state index contributed by atoms with van der Waals surface area (Å²) in [6.45, 7) is 2.01. The van der Waals surface area contributed by atoms with Gasteiger partial charge in [0.15, 0.2) is 6.61 Å². The van der Waals surface area contributed by atoms with E-state index in [9.17, 15) is 9.59 Å². The van der Waals surface area contributed by atoms with Crippen molar-refractivity contribution in [1.29, 1.82) is 0 Å². The van der Waals surface area contributed by atoms with Crippen LogP contribution in [0.1, 0.15) is 15.3 Å². The Balaban J connectivity index is 1.51. The van der Waals surface area contributed by atoms with Gasteiger partial charge in [-0.05, 0) is 36.8 Å². The summed E-state index contributed by atoms with van der Waals surface area (Å²) in [5.74, 6) is -0.536. The van der Waals surface area contributed by atoms with Gasteiger partial charge in [-0.1, -0.05) is 29.8 Å². The minimum Gasteiger partial charge on any atom is -0.452 e. The minimum atomic E-state index is -0.578. The quantitative estimate of drug-likeness (QED) is 0.464. The lowest BCUT2D eigenvalue weighted by Crippen LogP contribution is -2.22. The molecule has 28 heavy (non-hydrogen) atoms. The van der Waals surface area contributed by atoms with Gasteiger partial charge >= 0.3 is 5.97 Å². The van der Waals surface area contributed by atoms with Crippen LogP contribution in [-0.2, 0) is 20.9 Å². The molecule has 3 rings (SSSR count). The molecule has 8 heteroatoms. The van der Waals surface area contributed by atoms with Gasteiger partial charge in [-0.15, -0.1) is 11.3 Å². The number of halogens is 1. The molecule has 0 bridgehead atoms. The summed E-state index contributed by atoms with van der Waals surface area (Å²) in [5, 5.41) is 7.50. The molecule has 0 atom stereocenters. The summed E-state index contributed by atoms with van der Waals surface area (Å²) in [4.78, 5) is 25.9. The van der Waals surface area contributed by atoms with E-state index in [4.69, 9.17) is 16.3 Å². The number of aromatic nitrogens is 2. The number of carbonyl (C=O) groups excluding carboxylic acids is 2. The van der Waals surface area contributed by atoms with Gasteiger partial charge in [-0.2, -0.15) is 5.10 Å². The molecule has 1 amide bonds. The topological polar surface area (TPSA) is 73.2 Å². The third kappa shape index (κ3) is 5.55. The van der Waals surface area contributed by atoms with E-state index in [1.807, 2.05) is 37.3 Å². The van der Waals surface area contributed by atoms with E-state index >= 15 is 0 Å². The summed E-state index contributed by atoms with van der Waals surface area (Å²) in [6.07, 6.45) is 4.54. The number of nitrogens with zero attached hydrogens (tertiary/aromatic N) is 2. The van der Waals surface area contributed by atoms with Gasteiger partial charge in [0.1, 0.15) is 5.82 Å². The average Bonchev–Trinajstić information content (AvgIpc) is 3.29. The molecule has 3 aromatic rings. The summed E-state index contributed by atoms with van der Waals surface area (Å²) >= 11 is 7.73. The number of thiophene rings is 1. The zero-order valence-electron chi connectivity index (χ0n) is 15.1. The van der Waals surface area contributed by atoms with Crippen molar-refractivity contribution in [2.24, 2.45) is 0 Å². The molecule has 1 N–H and O–H groups in total.